The molecule has 0 fully saturated rings. The summed E-state index contributed by atoms with van der Waals surface area (Å²) in [6.45, 7) is 1.64. The van der Waals surface area contributed by atoms with Crippen molar-refractivity contribution >= 4 is 5.91 Å². The van der Waals surface area contributed by atoms with Gasteiger partial charge in [0.15, 0.2) is 11.6 Å². The molecule has 3 nitrogen and oxygen atoms in total. The minimum absolute atomic E-state index is 0.00953. The van der Waals surface area contributed by atoms with E-state index in [1.165, 1.54) is 12.1 Å². The highest BCUT2D eigenvalue weighted by atomic mass is 19.2. The molecular formula is C12H15F2NO2. The van der Waals surface area contributed by atoms with Crippen LogP contribution in [-0.2, 0) is 11.2 Å². The average Bonchev–Trinajstić information content (AvgIpc) is 2.32. The molecule has 1 rings (SSSR count). The van der Waals surface area contributed by atoms with Crippen LogP contribution in [-0.4, -0.2) is 23.7 Å². The third-order valence-corrected chi connectivity index (χ3v) is 2.46. The quantitative estimate of drug-likeness (QED) is 0.821. The van der Waals surface area contributed by atoms with Crippen molar-refractivity contribution < 1.29 is 18.7 Å². The van der Waals surface area contributed by atoms with Gasteiger partial charge in [-0.3, -0.25) is 4.79 Å². The molecule has 94 valence electrons. The van der Waals surface area contributed by atoms with Gasteiger partial charge in [0.1, 0.15) is 0 Å². The minimum atomic E-state index is -1.00. The van der Waals surface area contributed by atoms with Crippen LogP contribution in [0, 0.1) is 11.6 Å². The Morgan fingerprint density at radius 3 is 2.76 bits per heavy atom. The van der Waals surface area contributed by atoms with Crippen molar-refractivity contribution in [1.29, 1.82) is 0 Å². The van der Waals surface area contributed by atoms with Crippen molar-refractivity contribution in [3.05, 3.63) is 35.4 Å². The number of nitrogens with one attached hydrogen (secondary N) is 1. The lowest BCUT2D eigenvalue weighted by atomic mass is 10.1. The van der Waals surface area contributed by atoms with Crippen LogP contribution < -0.4 is 5.32 Å². The fraction of sp³-hybridized carbons (Fsp3) is 0.417. The lowest BCUT2D eigenvalue weighted by molar-refractivity contribution is -0.121. The number of aliphatic hydroxyl groups excluding tert-OH is 1. The van der Waals surface area contributed by atoms with Crippen molar-refractivity contribution in [2.45, 2.75) is 25.8 Å². The lowest BCUT2D eigenvalue weighted by Crippen LogP contribution is -2.38. The molecule has 0 aliphatic rings. The first kappa shape index (κ1) is 13.6. The van der Waals surface area contributed by atoms with E-state index in [0.717, 1.165) is 6.07 Å². The summed E-state index contributed by atoms with van der Waals surface area (Å²) in [7, 11) is 0. The number of hydrogen-bond donors (Lipinski definition) is 2. The molecule has 0 spiro atoms. The highest BCUT2D eigenvalue weighted by Crippen LogP contribution is 2.11. The van der Waals surface area contributed by atoms with Crippen LogP contribution in [0.3, 0.4) is 0 Å². The molecule has 1 amide bonds. The largest absolute Gasteiger partial charge is 0.394 e. The molecule has 0 bridgehead atoms. The number of benzene rings is 1. The van der Waals surface area contributed by atoms with E-state index in [4.69, 9.17) is 5.11 Å². The second-order valence-corrected chi connectivity index (χ2v) is 3.74. The van der Waals surface area contributed by atoms with Crippen LogP contribution in [0.4, 0.5) is 8.78 Å². The molecular weight excluding hydrogens is 228 g/mol. The molecule has 2 N–H and O–H groups in total. The van der Waals surface area contributed by atoms with Crippen LogP contribution in [0.2, 0.25) is 0 Å². The molecule has 0 saturated heterocycles. The molecule has 0 aliphatic heterocycles. The molecule has 0 radical (unpaired) electrons. The molecule has 5 heteroatoms. The predicted octanol–water partition coefficient (Wildman–Crippen LogP) is 1.39. The van der Waals surface area contributed by atoms with Gasteiger partial charge in [0.2, 0.25) is 5.91 Å². The fourth-order valence-electron chi connectivity index (χ4n) is 1.41. The Morgan fingerprint density at radius 1 is 1.47 bits per heavy atom. The van der Waals surface area contributed by atoms with E-state index in [-0.39, 0.29) is 24.6 Å². The van der Waals surface area contributed by atoms with E-state index in [1.54, 1.807) is 0 Å². The first-order chi connectivity index (χ1) is 8.08. The van der Waals surface area contributed by atoms with Crippen molar-refractivity contribution in [2.24, 2.45) is 0 Å². The maximum Gasteiger partial charge on any atom is 0.224 e. The van der Waals surface area contributed by atoms with Crippen LogP contribution in [0.1, 0.15) is 18.9 Å². The summed E-state index contributed by atoms with van der Waals surface area (Å²) in [4.78, 5) is 11.5. The summed E-state index contributed by atoms with van der Waals surface area (Å²) in [6, 6.07) is 3.36. The van der Waals surface area contributed by atoms with Gasteiger partial charge in [0.05, 0.1) is 19.1 Å². The summed E-state index contributed by atoms with van der Waals surface area (Å²) in [5, 5.41) is 11.4. The number of carbonyl (C=O) groups excluding carboxylic acids is 1. The Bertz CT molecular complexity index is 392. The second kappa shape index (κ2) is 6.30. The van der Waals surface area contributed by atoms with Gasteiger partial charge in [-0.05, 0) is 12.5 Å². The summed E-state index contributed by atoms with van der Waals surface area (Å²) in [6.07, 6.45) is 0.341. The third kappa shape index (κ3) is 3.78. The number of rotatable bonds is 5. The van der Waals surface area contributed by atoms with E-state index < -0.39 is 17.5 Å². The van der Waals surface area contributed by atoms with Crippen molar-refractivity contribution in [3.63, 3.8) is 0 Å². The highest BCUT2D eigenvalue weighted by molar-refractivity contribution is 5.78. The number of carbonyl (C=O) groups is 1. The van der Waals surface area contributed by atoms with Gasteiger partial charge < -0.3 is 10.4 Å². The summed E-state index contributed by atoms with van der Waals surface area (Å²) >= 11 is 0. The first-order valence-electron chi connectivity index (χ1n) is 5.41. The van der Waals surface area contributed by atoms with Gasteiger partial charge in [-0.2, -0.15) is 0 Å². The normalized spacial score (nSPS) is 12.2. The van der Waals surface area contributed by atoms with Crippen molar-refractivity contribution in [3.8, 4) is 0 Å². The zero-order valence-electron chi connectivity index (χ0n) is 9.54. The average molecular weight is 243 g/mol. The maximum absolute atomic E-state index is 13.3. The predicted molar refractivity (Wildman–Crippen MR) is 59.4 cm³/mol. The van der Waals surface area contributed by atoms with Crippen LogP contribution in [0.25, 0.3) is 0 Å². The number of halogens is 2. The molecule has 1 aromatic carbocycles. The number of amides is 1. The smallest absolute Gasteiger partial charge is 0.224 e. The molecule has 0 heterocycles. The monoisotopic (exact) mass is 243 g/mol. The van der Waals surface area contributed by atoms with Gasteiger partial charge in [0.25, 0.3) is 0 Å². The Kier molecular flexibility index (Phi) is 5.03. The summed E-state index contributed by atoms with van der Waals surface area (Å²) in [5.41, 5.74) is 0.00953. The summed E-state index contributed by atoms with van der Waals surface area (Å²) < 4.78 is 26.1. The third-order valence-electron chi connectivity index (χ3n) is 2.46. The maximum atomic E-state index is 13.3. The van der Waals surface area contributed by atoms with E-state index >= 15 is 0 Å². The summed E-state index contributed by atoms with van der Waals surface area (Å²) in [5.74, 6) is -2.40. The molecule has 0 aromatic heterocycles. The van der Waals surface area contributed by atoms with Crippen LogP contribution in [0.15, 0.2) is 18.2 Å². The molecule has 0 saturated carbocycles. The van der Waals surface area contributed by atoms with E-state index in [2.05, 4.69) is 5.32 Å². The molecule has 17 heavy (non-hydrogen) atoms. The topological polar surface area (TPSA) is 49.3 Å². The Balaban J connectivity index is 2.65. The Morgan fingerprint density at radius 2 is 2.18 bits per heavy atom. The zero-order valence-corrected chi connectivity index (χ0v) is 9.54. The Hall–Kier alpha value is -1.49. The molecule has 1 atom stereocenters. The minimum Gasteiger partial charge on any atom is -0.394 e. The second-order valence-electron chi connectivity index (χ2n) is 3.74. The van der Waals surface area contributed by atoms with Gasteiger partial charge in [-0.15, -0.1) is 0 Å². The van der Waals surface area contributed by atoms with Gasteiger partial charge in [-0.25, -0.2) is 8.78 Å². The van der Waals surface area contributed by atoms with E-state index in [9.17, 15) is 13.6 Å². The van der Waals surface area contributed by atoms with E-state index in [1.807, 2.05) is 6.92 Å². The van der Waals surface area contributed by atoms with Crippen LogP contribution >= 0.6 is 0 Å². The van der Waals surface area contributed by atoms with Gasteiger partial charge in [-0.1, -0.05) is 19.1 Å². The van der Waals surface area contributed by atoms with Crippen LogP contribution in [0.5, 0.6) is 0 Å². The number of aliphatic hydroxyl groups is 1. The molecule has 1 aromatic rings. The highest BCUT2D eigenvalue weighted by Gasteiger charge is 2.13. The van der Waals surface area contributed by atoms with Crippen molar-refractivity contribution in [1.82, 2.24) is 5.32 Å². The fourth-order valence-corrected chi connectivity index (χ4v) is 1.41. The van der Waals surface area contributed by atoms with Gasteiger partial charge in [0, 0.05) is 5.56 Å². The molecule has 0 aliphatic carbocycles. The van der Waals surface area contributed by atoms with Gasteiger partial charge >= 0.3 is 0 Å². The zero-order chi connectivity index (χ0) is 12.8. The Labute approximate surface area is 98.5 Å². The first-order valence-corrected chi connectivity index (χ1v) is 5.41. The SMILES string of the molecule is CC[C@@H](CO)NC(=O)Cc1cccc(F)c1F. The molecule has 0 unspecified atom stereocenters. The lowest BCUT2D eigenvalue weighted by Gasteiger charge is -2.14. The standard InChI is InChI=1S/C12H15F2NO2/c1-2-9(7-16)15-11(17)6-8-4-3-5-10(13)12(8)14/h3-5,9,16H,2,6-7H2,1H3,(H,15,17)/t9-/m0/s1. The number of hydrogen-bond acceptors (Lipinski definition) is 2. The van der Waals surface area contributed by atoms with E-state index in [0.29, 0.717) is 6.42 Å². The van der Waals surface area contributed by atoms with Crippen molar-refractivity contribution in [2.75, 3.05) is 6.61 Å².